The van der Waals surface area contributed by atoms with E-state index >= 15 is 0 Å². The van der Waals surface area contributed by atoms with Crippen molar-refractivity contribution in [2.24, 2.45) is 0 Å². The highest BCUT2D eigenvalue weighted by Crippen LogP contribution is 2.38. The monoisotopic (exact) mass is 568 g/mol. The van der Waals surface area contributed by atoms with E-state index in [1.54, 1.807) is 49.6 Å². The lowest BCUT2D eigenvalue weighted by atomic mass is 10.1. The Kier molecular flexibility index (Phi) is 9.92. The molecule has 3 rings (SSSR count). The number of hydrogen-bond acceptors (Lipinski definition) is 6. The van der Waals surface area contributed by atoms with Gasteiger partial charge in [0.25, 0.3) is 5.91 Å². The van der Waals surface area contributed by atoms with Crippen LogP contribution in [0.5, 0.6) is 23.0 Å². The van der Waals surface area contributed by atoms with Gasteiger partial charge in [-0.3, -0.25) is 4.79 Å². The molecule has 0 spiro atoms. The van der Waals surface area contributed by atoms with Crippen LogP contribution in [0.4, 0.5) is 4.39 Å². The zero-order valence-electron chi connectivity index (χ0n) is 20.6. The summed E-state index contributed by atoms with van der Waals surface area (Å²) in [5.74, 6) is 1.14. The molecule has 0 atom stereocenters. The van der Waals surface area contributed by atoms with Crippen LogP contribution in [0.3, 0.4) is 0 Å². The lowest BCUT2D eigenvalue weighted by molar-refractivity contribution is -0.117. The van der Waals surface area contributed by atoms with E-state index in [0.717, 1.165) is 5.56 Å². The van der Waals surface area contributed by atoms with Gasteiger partial charge >= 0.3 is 0 Å². The lowest BCUT2D eigenvalue weighted by Gasteiger charge is -2.15. The van der Waals surface area contributed by atoms with Gasteiger partial charge in [0.2, 0.25) is 0 Å². The van der Waals surface area contributed by atoms with Crippen LogP contribution < -0.4 is 24.3 Å². The Morgan fingerprint density at radius 1 is 1.08 bits per heavy atom. The third kappa shape index (κ3) is 7.48. The van der Waals surface area contributed by atoms with Gasteiger partial charge in [0.05, 0.1) is 25.3 Å². The molecule has 0 aliphatic carbocycles. The summed E-state index contributed by atoms with van der Waals surface area (Å²) < 4.78 is 36.2. The molecule has 3 aromatic carbocycles. The Hall–Kier alpha value is -4.03. The predicted molar refractivity (Wildman–Crippen MR) is 141 cm³/mol. The topological polar surface area (TPSA) is 89.8 Å². The van der Waals surface area contributed by atoms with Crippen molar-refractivity contribution in [3.63, 3.8) is 0 Å². The molecule has 0 aliphatic heterocycles. The van der Waals surface area contributed by atoms with E-state index < -0.39 is 5.91 Å². The van der Waals surface area contributed by atoms with Crippen molar-refractivity contribution in [2.45, 2.75) is 20.1 Å². The summed E-state index contributed by atoms with van der Waals surface area (Å²) in [6.45, 7) is 2.48. The molecule has 0 radical (unpaired) electrons. The van der Waals surface area contributed by atoms with E-state index in [1.165, 1.54) is 25.3 Å². The standard InChI is InChI=1S/C28H26BrFN2O5/c1-4-36-26-13-19(12-24(29)27(26)37-17-18-6-5-7-22(30)11-18)10-21(15-31)28(33)32-16-20-8-9-23(34-2)14-25(20)35-3/h5-14H,4,16-17H2,1-3H3,(H,32,33)/b21-10+. The van der Waals surface area contributed by atoms with Gasteiger partial charge in [0, 0.05) is 18.2 Å². The summed E-state index contributed by atoms with van der Waals surface area (Å²) in [5.41, 5.74) is 1.86. The quantitative estimate of drug-likeness (QED) is 0.232. The van der Waals surface area contributed by atoms with Crippen LogP contribution in [0, 0.1) is 17.1 Å². The molecule has 3 aromatic rings. The van der Waals surface area contributed by atoms with Gasteiger partial charge in [-0.05, 0) is 76.5 Å². The van der Waals surface area contributed by atoms with Crippen molar-refractivity contribution >= 4 is 27.9 Å². The zero-order chi connectivity index (χ0) is 26.8. The fraction of sp³-hybridized carbons (Fsp3) is 0.214. The second-order valence-corrected chi connectivity index (χ2v) is 8.57. The van der Waals surface area contributed by atoms with Crippen LogP contribution in [-0.2, 0) is 17.9 Å². The van der Waals surface area contributed by atoms with Crippen LogP contribution in [0.1, 0.15) is 23.6 Å². The Morgan fingerprint density at radius 2 is 1.89 bits per heavy atom. The molecule has 0 aliphatic rings. The predicted octanol–water partition coefficient (Wildman–Crippen LogP) is 5.81. The molecule has 1 amide bonds. The summed E-state index contributed by atoms with van der Waals surface area (Å²) >= 11 is 3.48. The number of nitrogens with one attached hydrogen (secondary N) is 1. The maximum atomic E-state index is 13.5. The molecule has 0 bridgehead atoms. The molecule has 0 aromatic heterocycles. The summed E-state index contributed by atoms with van der Waals surface area (Å²) in [4.78, 5) is 12.8. The van der Waals surface area contributed by atoms with Crippen LogP contribution in [0.2, 0.25) is 0 Å². The molecule has 0 fully saturated rings. The number of ether oxygens (including phenoxy) is 4. The number of amides is 1. The molecule has 37 heavy (non-hydrogen) atoms. The van der Waals surface area contributed by atoms with Crippen LogP contribution in [0.25, 0.3) is 6.08 Å². The van der Waals surface area contributed by atoms with Gasteiger partial charge in [-0.2, -0.15) is 5.26 Å². The summed E-state index contributed by atoms with van der Waals surface area (Å²) in [7, 11) is 3.08. The minimum Gasteiger partial charge on any atom is -0.497 e. The number of nitriles is 1. The second-order valence-electron chi connectivity index (χ2n) is 7.71. The van der Waals surface area contributed by atoms with Gasteiger partial charge in [-0.1, -0.05) is 12.1 Å². The first-order valence-electron chi connectivity index (χ1n) is 11.3. The van der Waals surface area contributed by atoms with Gasteiger partial charge < -0.3 is 24.3 Å². The van der Waals surface area contributed by atoms with Crippen LogP contribution in [-0.4, -0.2) is 26.7 Å². The number of hydrogen-bond donors (Lipinski definition) is 1. The van der Waals surface area contributed by atoms with Crippen molar-refractivity contribution in [1.82, 2.24) is 5.32 Å². The normalized spacial score (nSPS) is 10.9. The average molecular weight is 569 g/mol. The number of carbonyl (C=O) groups excluding carboxylic acids is 1. The lowest BCUT2D eigenvalue weighted by Crippen LogP contribution is -2.24. The first kappa shape index (κ1) is 27.6. The maximum Gasteiger partial charge on any atom is 0.262 e. The fourth-order valence-electron chi connectivity index (χ4n) is 3.44. The van der Waals surface area contributed by atoms with Crippen molar-refractivity contribution in [3.05, 3.63) is 87.2 Å². The molecule has 192 valence electrons. The largest absolute Gasteiger partial charge is 0.497 e. The molecular weight excluding hydrogens is 543 g/mol. The zero-order valence-corrected chi connectivity index (χ0v) is 22.2. The van der Waals surface area contributed by atoms with Crippen molar-refractivity contribution in [1.29, 1.82) is 5.26 Å². The third-order valence-corrected chi connectivity index (χ3v) is 5.80. The van der Waals surface area contributed by atoms with E-state index in [9.17, 15) is 14.4 Å². The highest BCUT2D eigenvalue weighted by molar-refractivity contribution is 9.10. The van der Waals surface area contributed by atoms with Crippen molar-refractivity contribution in [2.75, 3.05) is 20.8 Å². The van der Waals surface area contributed by atoms with Crippen LogP contribution in [0.15, 0.2) is 64.6 Å². The molecule has 0 unspecified atom stereocenters. The van der Waals surface area contributed by atoms with Crippen LogP contribution >= 0.6 is 15.9 Å². The minimum absolute atomic E-state index is 0.0877. The first-order valence-corrected chi connectivity index (χ1v) is 12.1. The van der Waals surface area contributed by atoms with Gasteiger partial charge in [0.15, 0.2) is 11.5 Å². The van der Waals surface area contributed by atoms with Gasteiger partial charge in [-0.15, -0.1) is 0 Å². The van der Waals surface area contributed by atoms with E-state index in [4.69, 9.17) is 18.9 Å². The van der Waals surface area contributed by atoms with Gasteiger partial charge in [-0.25, -0.2) is 4.39 Å². The van der Waals surface area contributed by atoms with Crippen molar-refractivity contribution in [3.8, 4) is 29.1 Å². The summed E-state index contributed by atoms with van der Waals surface area (Å²) in [5, 5.41) is 12.4. The molecule has 1 N–H and O–H groups in total. The molecule has 0 heterocycles. The number of methoxy groups -OCH3 is 2. The molecule has 0 saturated heterocycles. The number of rotatable bonds is 11. The van der Waals surface area contributed by atoms with E-state index in [0.29, 0.717) is 45.2 Å². The Labute approximate surface area is 223 Å². The van der Waals surface area contributed by atoms with E-state index in [1.807, 2.05) is 13.0 Å². The highest BCUT2D eigenvalue weighted by atomic mass is 79.9. The Morgan fingerprint density at radius 3 is 2.57 bits per heavy atom. The average Bonchev–Trinajstić information content (AvgIpc) is 2.90. The molecule has 9 heteroatoms. The number of carbonyl (C=O) groups is 1. The highest BCUT2D eigenvalue weighted by Gasteiger charge is 2.15. The fourth-order valence-corrected chi connectivity index (χ4v) is 4.01. The number of nitrogens with zero attached hydrogens (tertiary/aromatic N) is 1. The number of halogens is 2. The smallest absolute Gasteiger partial charge is 0.262 e. The summed E-state index contributed by atoms with van der Waals surface area (Å²) in [6, 6.07) is 16.7. The third-order valence-electron chi connectivity index (χ3n) is 5.21. The van der Waals surface area contributed by atoms with E-state index in [-0.39, 0.29) is 24.5 Å². The number of benzene rings is 3. The van der Waals surface area contributed by atoms with E-state index in [2.05, 4.69) is 21.2 Å². The second kappa shape index (κ2) is 13.3. The maximum absolute atomic E-state index is 13.5. The molecule has 7 nitrogen and oxygen atoms in total. The Balaban J connectivity index is 1.79. The van der Waals surface area contributed by atoms with Gasteiger partial charge in [0.1, 0.15) is 35.6 Å². The molecular formula is C28H26BrFN2O5. The minimum atomic E-state index is -0.541. The van der Waals surface area contributed by atoms with Crippen molar-refractivity contribution < 1.29 is 28.1 Å². The molecule has 0 saturated carbocycles. The summed E-state index contributed by atoms with van der Waals surface area (Å²) in [6.07, 6.45) is 1.46. The Bertz CT molecular complexity index is 1340. The SMILES string of the molecule is CCOc1cc(/C=C(\C#N)C(=O)NCc2ccc(OC)cc2OC)cc(Br)c1OCc1cccc(F)c1. The first-order chi connectivity index (χ1) is 17.9.